The molecule has 2 aromatic heterocycles. The van der Waals surface area contributed by atoms with Crippen LogP contribution in [0.15, 0.2) is 36.5 Å². The molecule has 2 radical (unpaired) electrons. The first-order valence-corrected chi connectivity index (χ1v) is 11.4. The highest BCUT2D eigenvalue weighted by Crippen LogP contribution is 2.28. The first kappa shape index (κ1) is 21.6. The summed E-state index contributed by atoms with van der Waals surface area (Å²) in [6, 6.07) is 9.32. The van der Waals surface area contributed by atoms with Crippen LogP contribution in [0.3, 0.4) is 0 Å². The average molecular weight is 432 g/mol. The number of hydrogen-bond acceptors (Lipinski definition) is 5. The first-order valence-electron chi connectivity index (χ1n) is 9.40. The number of sulfonamides is 1. The minimum atomic E-state index is -3.19. The summed E-state index contributed by atoms with van der Waals surface area (Å²) in [5.74, 6) is 0.871. The average Bonchev–Trinajstić information content (AvgIpc) is 3.06. The van der Waals surface area contributed by atoms with Crippen molar-refractivity contribution in [3.8, 4) is 11.3 Å². The molecule has 29 heavy (non-hydrogen) atoms. The summed E-state index contributed by atoms with van der Waals surface area (Å²) in [6.07, 6.45) is 2.79. The van der Waals surface area contributed by atoms with Gasteiger partial charge in [0, 0.05) is 43.0 Å². The molecule has 0 saturated heterocycles. The lowest BCUT2D eigenvalue weighted by molar-refractivity contribution is 0.465. The Hall–Kier alpha value is -2.10. The van der Waals surface area contributed by atoms with Crippen LogP contribution in [0.1, 0.15) is 19.8 Å². The molecule has 0 saturated carbocycles. The molecule has 1 aromatic carbocycles. The van der Waals surface area contributed by atoms with Gasteiger partial charge in [-0.2, -0.15) is 9.61 Å². The van der Waals surface area contributed by atoms with Gasteiger partial charge in [0.15, 0.2) is 5.65 Å². The van der Waals surface area contributed by atoms with Gasteiger partial charge in [-0.3, -0.25) is 0 Å². The number of halogens is 1. The van der Waals surface area contributed by atoms with Crippen LogP contribution < -0.4 is 10.8 Å². The normalized spacial score (nSPS) is 12.0. The van der Waals surface area contributed by atoms with Gasteiger partial charge >= 0.3 is 0 Å². The topological polar surface area (TPSA) is 79.6 Å². The number of rotatable bonds is 9. The van der Waals surface area contributed by atoms with Crippen LogP contribution in [-0.2, 0) is 10.0 Å². The second kappa shape index (κ2) is 9.15. The van der Waals surface area contributed by atoms with Gasteiger partial charge in [-0.25, -0.2) is 17.7 Å². The zero-order valence-corrected chi connectivity index (χ0v) is 18.0. The van der Waals surface area contributed by atoms with E-state index in [0.29, 0.717) is 53.6 Å². The molecule has 0 aliphatic rings. The Morgan fingerprint density at radius 2 is 2.07 bits per heavy atom. The Bertz CT molecular complexity index is 1100. The van der Waals surface area contributed by atoms with Gasteiger partial charge in [-0.1, -0.05) is 36.7 Å². The van der Waals surface area contributed by atoms with E-state index in [1.165, 1.54) is 4.31 Å². The molecular formula is C19H23BClN5O2S. The van der Waals surface area contributed by atoms with E-state index < -0.39 is 10.0 Å². The summed E-state index contributed by atoms with van der Waals surface area (Å²) in [5.41, 5.74) is 2.48. The molecule has 3 aromatic rings. The lowest BCUT2D eigenvalue weighted by atomic mass is 10.0. The number of fused-ring (bicyclic) bond motifs is 1. The first-order chi connectivity index (χ1) is 13.8. The molecular weight excluding hydrogens is 409 g/mol. The van der Waals surface area contributed by atoms with E-state index in [9.17, 15) is 8.42 Å². The van der Waals surface area contributed by atoms with Crippen LogP contribution in [0, 0.1) is 0 Å². The maximum atomic E-state index is 12.1. The summed E-state index contributed by atoms with van der Waals surface area (Å²) in [4.78, 5) is 4.60. The van der Waals surface area contributed by atoms with Crippen LogP contribution in [0.2, 0.25) is 5.02 Å². The number of hydrogen-bond donors (Lipinski definition) is 1. The zero-order chi connectivity index (χ0) is 21.0. The van der Waals surface area contributed by atoms with Crippen molar-refractivity contribution in [2.45, 2.75) is 19.8 Å². The van der Waals surface area contributed by atoms with E-state index >= 15 is 0 Å². The molecule has 0 amide bonds. The Morgan fingerprint density at radius 3 is 2.79 bits per heavy atom. The van der Waals surface area contributed by atoms with E-state index in [1.54, 1.807) is 17.8 Å². The maximum absolute atomic E-state index is 12.1. The van der Waals surface area contributed by atoms with Gasteiger partial charge < -0.3 is 5.32 Å². The predicted molar refractivity (Wildman–Crippen MR) is 119 cm³/mol. The Balaban J connectivity index is 1.78. The van der Waals surface area contributed by atoms with Crippen LogP contribution in [0.4, 0.5) is 5.82 Å². The van der Waals surface area contributed by atoms with E-state index in [-0.39, 0.29) is 5.75 Å². The third-order valence-corrected chi connectivity index (χ3v) is 6.93. The van der Waals surface area contributed by atoms with Crippen LogP contribution in [0.5, 0.6) is 0 Å². The molecule has 7 nitrogen and oxygen atoms in total. The van der Waals surface area contributed by atoms with E-state index in [4.69, 9.17) is 19.4 Å². The summed E-state index contributed by atoms with van der Waals surface area (Å²) >= 11 is 6.33. The van der Waals surface area contributed by atoms with Crippen molar-refractivity contribution in [3.05, 3.63) is 41.6 Å². The molecule has 152 valence electrons. The fourth-order valence-corrected chi connectivity index (χ4v) is 4.45. The lowest BCUT2D eigenvalue weighted by Crippen LogP contribution is -2.31. The van der Waals surface area contributed by atoms with Gasteiger partial charge in [0.1, 0.15) is 13.7 Å². The molecule has 0 fully saturated rings. The van der Waals surface area contributed by atoms with E-state index in [0.717, 1.165) is 5.56 Å². The smallest absolute Gasteiger partial charge is 0.213 e. The maximum Gasteiger partial charge on any atom is 0.213 e. The highest BCUT2D eigenvalue weighted by atomic mass is 35.5. The van der Waals surface area contributed by atoms with Gasteiger partial charge in [-0.05, 0) is 24.4 Å². The molecule has 1 N–H and O–H groups in total. The minimum absolute atomic E-state index is 0.162. The Kier molecular flexibility index (Phi) is 6.82. The molecule has 0 aliphatic carbocycles. The third kappa shape index (κ3) is 4.91. The standard InChI is InChI=1S/C19H23BClN5O2S/c1-3-11-29(27,28)25(2)10-6-9-22-18-12-17(14-7-4-5-8-16(14)21)24-19-15(20)13-23-26(18)19/h4-5,7-8,12-13,22H,3,6,9-11H2,1-2H3. The number of nitrogens with zero attached hydrogens (tertiary/aromatic N) is 4. The van der Waals surface area contributed by atoms with Gasteiger partial charge in [0.25, 0.3) is 0 Å². The summed E-state index contributed by atoms with van der Waals surface area (Å²) in [5, 5.41) is 8.18. The van der Waals surface area contributed by atoms with Crippen LogP contribution in [-0.4, -0.2) is 61.1 Å². The predicted octanol–water partition coefficient (Wildman–Crippen LogP) is 2.32. The van der Waals surface area contributed by atoms with Crippen molar-refractivity contribution in [2.75, 3.05) is 31.2 Å². The van der Waals surface area contributed by atoms with Gasteiger partial charge in [0.2, 0.25) is 10.0 Å². The molecule has 2 heterocycles. The number of aromatic nitrogens is 3. The van der Waals surface area contributed by atoms with Crippen LogP contribution >= 0.6 is 11.6 Å². The minimum Gasteiger partial charge on any atom is -0.370 e. The number of nitrogens with one attached hydrogen (secondary N) is 1. The molecule has 0 bridgehead atoms. The molecule has 0 unspecified atom stereocenters. The summed E-state index contributed by atoms with van der Waals surface area (Å²) < 4.78 is 27.2. The van der Waals surface area contributed by atoms with Crippen molar-refractivity contribution in [3.63, 3.8) is 0 Å². The summed E-state index contributed by atoms with van der Waals surface area (Å²) in [7, 11) is 4.44. The largest absolute Gasteiger partial charge is 0.370 e. The van der Waals surface area contributed by atoms with Gasteiger partial charge in [0.05, 0.1) is 11.4 Å². The molecule has 10 heteroatoms. The number of benzene rings is 1. The quantitative estimate of drug-likeness (QED) is 0.415. The zero-order valence-electron chi connectivity index (χ0n) is 16.5. The highest BCUT2D eigenvalue weighted by Gasteiger charge is 2.16. The van der Waals surface area contributed by atoms with Crippen molar-refractivity contribution in [1.82, 2.24) is 18.9 Å². The third-order valence-electron chi connectivity index (χ3n) is 4.54. The fraction of sp³-hybridized carbons (Fsp3) is 0.368. The molecule has 3 rings (SSSR count). The molecule has 0 atom stereocenters. The van der Waals surface area contributed by atoms with E-state index in [2.05, 4.69) is 15.4 Å². The highest BCUT2D eigenvalue weighted by molar-refractivity contribution is 7.89. The lowest BCUT2D eigenvalue weighted by Gasteiger charge is -2.17. The van der Waals surface area contributed by atoms with Crippen molar-refractivity contribution < 1.29 is 8.42 Å². The molecule has 0 aliphatic heterocycles. The number of anilines is 1. The Morgan fingerprint density at radius 1 is 1.31 bits per heavy atom. The van der Waals surface area contributed by atoms with Crippen molar-refractivity contribution in [2.24, 2.45) is 0 Å². The van der Waals surface area contributed by atoms with Crippen molar-refractivity contribution >= 4 is 46.4 Å². The second-order valence-corrected chi connectivity index (χ2v) is 9.36. The monoisotopic (exact) mass is 431 g/mol. The van der Waals surface area contributed by atoms with Crippen LogP contribution in [0.25, 0.3) is 16.9 Å². The molecule has 0 spiro atoms. The van der Waals surface area contributed by atoms with E-state index in [1.807, 2.05) is 37.3 Å². The summed E-state index contributed by atoms with van der Waals surface area (Å²) in [6.45, 7) is 2.85. The Labute approximate surface area is 177 Å². The fourth-order valence-electron chi connectivity index (χ4n) is 2.98. The second-order valence-electron chi connectivity index (χ2n) is 6.76. The van der Waals surface area contributed by atoms with Crippen molar-refractivity contribution in [1.29, 1.82) is 0 Å². The SMILES string of the molecule is [B]c1cnn2c(NCCCN(C)S(=O)(=O)CCC)cc(-c3ccccc3Cl)nc12. The van der Waals surface area contributed by atoms with Gasteiger partial charge in [-0.15, -0.1) is 0 Å².